The van der Waals surface area contributed by atoms with E-state index in [0.717, 1.165) is 5.56 Å². The zero-order valence-electron chi connectivity index (χ0n) is 6.69. The monoisotopic (exact) mass is 160 g/mol. The predicted molar refractivity (Wildman–Crippen MR) is 45.4 cm³/mol. The molecule has 0 saturated carbocycles. The maximum Gasteiger partial charge on any atom is 0.213 e. The first-order valence-corrected chi connectivity index (χ1v) is 3.43. The molecule has 0 radical (unpaired) electrons. The molecule has 0 atom stereocenters. The maximum absolute atomic E-state index is 8.27. The van der Waals surface area contributed by atoms with Crippen LogP contribution in [0.5, 0.6) is 5.88 Å². The number of pyridine rings is 1. The molecule has 1 aromatic heterocycles. The Hall–Kier alpha value is -1.82. The van der Waals surface area contributed by atoms with Crippen LogP contribution in [0.4, 0.5) is 0 Å². The first kappa shape index (κ1) is 8.28. The molecule has 0 bridgehead atoms. The summed E-state index contributed by atoms with van der Waals surface area (Å²) < 4.78 is 4.91. The average molecular weight is 160 g/mol. The molecule has 1 heterocycles. The van der Waals surface area contributed by atoms with Gasteiger partial charge in [0.15, 0.2) is 0 Å². The number of hydrogen-bond donors (Lipinski definition) is 0. The van der Waals surface area contributed by atoms with Gasteiger partial charge in [0.1, 0.15) is 0 Å². The average Bonchev–Trinajstić information content (AvgIpc) is 2.15. The molecule has 0 aliphatic rings. The molecule has 0 fully saturated rings. The van der Waals surface area contributed by atoms with E-state index in [4.69, 9.17) is 10.00 Å². The Morgan fingerprint density at radius 3 is 3.17 bits per heavy atom. The van der Waals surface area contributed by atoms with Crippen molar-refractivity contribution in [2.24, 2.45) is 0 Å². The third kappa shape index (κ3) is 2.10. The topological polar surface area (TPSA) is 45.9 Å². The highest BCUT2D eigenvalue weighted by Gasteiger charge is 1.91. The fraction of sp³-hybridized carbons (Fsp3) is 0.111. The van der Waals surface area contributed by atoms with E-state index in [-0.39, 0.29) is 0 Å². The smallest absolute Gasteiger partial charge is 0.213 e. The van der Waals surface area contributed by atoms with Gasteiger partial charge in [-0.05, 0) is 17.7 Å². The van der Waals surface area contributed by atoms with E-state index >= 15 is 0 Å². The number of nitrogens with zero attached hydrogens (tertiary/aromatic N) is 2. The van der Waals surface area contributed by atoms with Crippen molar-refractivity contribution in [3.8, 4) is 11.9 Å². The van der Waals surface area contributed by atoms with Gasteiger partial charge in [0.05, 0.1) is 13.2 Å². The molecule has 0 N–H and O–H groups in total. The SMILES string of the molecule is COc1cc(C=CC#N)ccn1. The predicted octanol–water partition coefficient (Wildman–Crippen LogP) is 1.63. The maximum atomic E-state index is 8.27. The van der Waals surface area contributed by atoms with Crippen LogP contribution in [0.2, 0.25) is 0 Å². The Kier molecular flexibility index (Phi) is 2.86. The summed E-state index contributed by atoms with van der Waals surface area (Å²) in [7, 11) is 1.56. The van der Waals surface area contributed by atoms with Crippen molar-refractivity contribution in [2.45, 2.75) is 0 Å². The third-order valence-corrected chi connectivity index (χ3v) is 1.32. The van der Waals surface area contributed by atoms with Crippen LogP contribution in [0, 0.1) is 11.3 Å². The highest BCUT2D eigenvalue weighted by molar-refractivity contribution is 5.52. The minimum absolute atomic E-state index is 0.551. The molecule has 1 aromatic rings. The van der Waals surface area contributed by atoms with Crippen LogP contribution in [0.3, 0.4) is 0 Å². The molecule has 0 unspecified atom stereocenters. The van der Waals surface area contributed by atoms with Gasteiger partial charge in [-0.2, -0.15) is 5.26 Å². The third-order valence-electron chi connectivity index (χ3n) is 1.32. The Labute approximate surface area is 70.9 Å². The molecular weight excluding hydrogens is 152 g/mol. The fourth-order valence-electron chi connectivity index (χ4n) is 0.774. The first-order chi connectivity index (χ1) is 5.86. The van der Waals surface area contributed by atoms with Crippen LogP contribution in [0.25, 0.3) is 6.08 Å². The van der Waals surface area contributed by atoms with Crippen LogP contribution in [0.1, 0.15) is 5.56 Å². The van der Waals surface area contributed by atoms with Crippen LogP contribution in [-0.4, -0.2) is 12.1 Å². The van der Waals surface area contributed by atoms with Crippen LogP contribution in [0.15, 0.2) is 24.4 Å². The van der Waals surface area contributed by atoms with Crippen molar-refractivity contribution < 1.29 is 4.74 Å². The van der Waals surface area contributed by atoms with Crippen molar-refractivity contribution >= 4 is 6.08 Å². The van der Waals surface area contributed by atoms with Gasteiger partial charge in [-0.25, -0.2) is 4.98 Å². The summed E-state index contributed by atoms with van der Waals surface area (Å²) in [6.45, 7) is 0. The van der Waals surface area contributed by atoms with Gasteiger partial charge in [0.2, 0.25) is 5.88 Å². The molecule has 0 spiro atoms. The second-order valence-electron chi connectivity index (χ2n) is 2.09. The van der Waals surface area contributed by atoms with Gasteiger partial charge in [-0.15, -0.1) is 0 Å². The summed E-state index contributed by atoms with van der Waals surface area (Å²) in [6.07, 6.45) is 4.74. The minimum Gasteiger partial charge on any atom is -0.481 e. The van der Waals surface area contributed by atoms with Gasteiger partial charge in [0.25, 0.3) is 0 Å². The molecular formula is C9H8N2O. The highest BCUT2D eigenvalue weighted by atomic mass is 16.5. The highest BCUT2D eigenvalue weighted by Crippen LogP contribution is 2.09. The largest absolute Gasteiger partial charge is 0.481 e. The lowest BCUT2D eigenvalue weighted by molar-refractivity contribution is 0.398. The van der Waals surface area contributed by atoms with E-state index in [9.17, 15) is 0 Å². The van der Waals surface area contributed by atoms with Crippen LogP contribution < -0.4 is 4.74 Å². The Balaban J connectivity index is 2.88. The molecule has 60 valence electrons. The summed E-state index contributed by atoms with van der Waals surface area (Å²) in [5, 5.41) is 8.27. The molecule has 1 rings (SSSR count). The van der Waals surface area contributed by atoms with E-state index in [1.165, 1.54) is 6.08 Å². The van der Waals surface area contributed by atoms with E-state index in [1.807, 2.05) is 6.07 Å². The number of nitriles is 1. The molecule has 0 aliphatic heterocycles. The Morgan fingerprint density at radius 1 is 1.67 bits per heavy atom. The van der Waals surface area contributed by atoms with Crippen LogP contribution in [-0.2, 0) is 0 Å². The fourth-order valence-corrected chi connectivity index (χ4v) is 0.774. The summed E-state index contributed by atoms with van der Waals surface area (Å²) >= 11 is 0. The Bertz CT molecular complexity index is 326. The van der Waals surface area contributed by atoms with Crippen molar-refractivity contribution in [1.82, 2.24) is 4.98 Å². The molecule has 3 nitrogen and oxygen atoms in total. The number of allylic oxidation sites excluding steroid dienone is 1. The number of methoxy groups -OCH3 is 1. The molecule has 3 heteroatoms. The number of hydrogen-bond acceptors (Lipinski definition) is 3. The lowest BCUT2D eigenvalue weighted by Gasteiger charge is -1.97. The summed E-state index contributed by atoms with van der Waals surface area (Å²) in [4.78, 5) is 3.93. The van der Waals surface area contributed by atoms with Gasteiger partial charge in [0, 0.05) is 18.3 Å². The molecule has 0 amide bonds. The molecule has 0 aromatic carbocycles. The quantitative estimate of drug-likeness (QED) is 0.617. The van der Waals surface area contributed by atoms with E-state index < -0.39 is 0 Å². The van der Waals surface area contributed by atoms with Crippen molar-refractivity contribution in [1.29, 1.82) is 5.26 Å². The van der Waals surface area contributed by atoms with Crippen molar-refractivity contribution in [3.05, 3.63) is 30.0 Å². The van der Waals surface area contributed by atoms with Gasteiger partial charge in [-0.1, -0.05) is 0 Å². The molecule has 0 saturated heterocycles. The van der Waals surface area contributed by atoms with Gasteiger partial charge >= 0.3 is 0 Å². The van der Waals surface area contributed by atoms with Crippen LogP contribution >= 0.6 is 0 Å². The van der Waals surface area contributed by atoms with E-state index in [2.05, 4.69) is 4.98 Å². The summed E-state index contributed by atoms with van der Waals surface area (Å²) in [5.74, 6) is 0.551. The van der Waals surface area contributed by atoms with E-state index in [0.29, 0.717) is 5.88 Å². The van der Waals surface area contributed by atoms with E-state index in [1.54, 1.807) is 31.5 Å². The lowest BCUT2D eigenvalue weighted by atomic mass is 10.2. The zero-order chi connectivity index (χ0) is 8.81. The standard InChI is InChI=1S/C9H8N2O/c1-12-9-7-8(3-2-5-10)4-6-11-9/h2-4,6-7H,1H3. The Morgan fingerprint density at radius 2 is 2.50 bits per heavy atom. The summed E-state index contributed by atoms with van der Waals surface area (Å²) in [5.41, 5.74) is 0.906. The minimum atomic E-state index is 0.551. The first-order valence-electron chi connectivity index (χ1n) is 3.43. The van der Waals surface area contributed by atoms with Gasteiger partial charge in [-0.3, -0.25) is 0 Å². The second kappa shape index (κ2) is 4.14. The van der Waals surface area contributed by atoms with Crippen molar-refractivity contribution in [2.75, 3.05) is 7.11 Å². The van der Waals surface area contributed by atoms with Gasteiger partial charge < -0.3 is 4.74 Å². The second-order valence-corrected chi connectivity index (χ2v) is 2.09. The molecule has 0 aliphatic carbocycles. The summed E-state index contributed by atoms with van der Waals surface area (Å²) in [6, 6.07) is 5.47. The molecule has 12 heavy (non-hydrogen) atoms. The lowest BCUT2D eigenvalue weighted by Crippen LogP contribution is -1.86. The number of rotatable bonds is 2. The normalized spacial score (nSPS) is 9.67. The zero-order valence-corrected chi connectivity index (χ0v) is 6.69. The number of aromatic nitrogens is 1. The van der Waals surface area contributed by atoms with Crippen molar-refractivity contribution in [3.63, 3.8) is 0 Å². The number of ether oxygens (including phenoxy) is 1.